The summed E-state index contributed by atoms with van der Waals surface area (Å²) in [5.74, 6) is 1.31. The number of nitrogens with one attached hydrogen (secondary N) is 2. The van der Waals surface area contributed by atoms with Crippen molar-refractivity contribution >= 4 is 5.91 Å². The van der Waals surface area contributed by atoms with E-state index in [2.05, 4.69) is 27.7 Å². The van der Waals surface area contributed by atoms with Crippen molar-refractivity contribution in [3.63, 3.8) is 0 Å². The largest absolute Gasteiger partial charge is 0.497 e. The molecule has 1 aromatic carbocycles. The third-order valence-corrected chi connectivity index (χ3v) is 6.45. The molecular formula is C21H31N3O2. The highest BCUT2D eigenvalue weighted by atomic mass is 16.5. The summed E-state index contributed by atoms with van der Waals surface area (Å²) in [4.78, 5) is 15.3. The van der Waals surface area contributed by atoms with Crippen LogP contribution in [0, 0.1) is 5.92 Å². The van der Waals surface area contributed by atoms with Gasteiger partial charge in [0.15, 0.2) is 0 Å². The van der Waals surface area contributed by atoms with Crippen LogP contribution in [0.5, 0.6) is 5.75 Å². The Kier molecular flexibility index (Phi) is 5.46. The van der Waals surface area contributed by atoms with Gasteiger partial charge in [-0.3, -0.25) is 9.69 Å². The fourth-order valence-electron chi connectivity index (χ4n) is 4.99. The van der Waals surface area contributed by atoms with Gasteiger partial charge in [-0.1, -0.05) is 18.6 Å². The summed E-state index contributed by atoms with van der Waals surface area (Å²) in [6.45, 7) is 2.85. The van der Waals surface area contributed by atoms with Crippen LogP contribution in [0.25, 0.3) is 0 Å². The maximum absolute atomic E-state index is 12.7. The predicted octanol–water partition coefficient (Wildman–Crippen LogP) is 2.31. The van der Waals surface area contributed by atoms with Crippen molar-refractivity contribution in [2.24, 2.45) is 5.92 Å². The van der Waals surface area contributed by atoms with Crippen molar-refractivity contribution < 1.29 is 9.53 Å². The second kappa shape index (κ2) is 7.97. The van der Waals surface area contributed by atoms with Gasteiger partial charge in [0.1, 0.15) is 5.75 Å². The zero-order valence-corrected chi connectivity index (χ0v) is 15.7. The summed E-state index contributed by atoms with van der Waals surface area (Å²) in [6, 6.07) is 9.80. The third kappa shape index (κ3) is 3.74. The molecule has 4 atom stereocenters. The van der Waals surface area contributed by atoms with E-state index in [-0.39, 0.29) is 11.8 Å². The Labute approximate surface area is 156 Å². The van der Waals surface area contributed by atoms with Gasteiger partial charge in [-0.15, -0.1) is 0 Å². The summed E-state index contributed by atoms with van der Waals surface area (Å²) >= 11 is 0. The Hall–Kier alpha value is -1.59. The standard InChI is InChI=1S/C21H31N3O2/c1-26-18-8-5-15(6-9-18)14-24-17-7-10-20(24)19(12-17)23-21(25)16-4-2-3-11-22-13-16/h5-6,8-9,16-17,19-20,22H,2-4,7,10-14H2,1H3,(H,23,25)/t16?,17-,19+,20+/m0/s1. The number of carbonyl (C=O) groups is 1. The van der Waals surface area contributed by atoms with E-state index < -0.39 is 0 Å². The number of ether oxygens (including phenoxy) is 1. The second-order valence-corrected chi connectivity index (χ2v) is 8.07. The molecule has 26 heavy (non-hydrogen) atoms. The first kappa shape index (κ1) is 17.8. The number of fused-ring (bicyclic) bond motifs is 2. The lowest BCUT2D eigenvalue weighted by molar-refractivity contribution is -0.125. The van der Waals surface area contributed by atoms with Gasteiger partial charge in [0.05, 0.1) is 13.0 Å². The van der Waals surface area contributed by atoms with Crippen LogP contribution in [0.15, 0.2) is 24.3 Å². The third-order valence-electron chi connectivity index (χ3n) is 6.45. The Morgan fingerprint density at radius 3 is 2.88 bits per heavy atom. The SMILES string of the molecule is COc1ccc(CN2[C@H]3CC[C@@H]2[C@H](NC(=O)C2CCCCNC2)C3)cc1. The van der Waals surface area contributed by atoms with Gasteiger partial charge in [0, 0.05) is 31.2 Å². The topological polar surface area (TPSA) is 53.6 Å². The first-order valence-electron chi connectivity index (χ1n) is 10.1. The molecule has 0 saturated carbocycles. The molecule has 0 spiro atoms. The quantitative estimate of drug-likeness (QED) is 0.849. The fraction of sp³-hybridized carbons (Fsp3) is 0.667. The highest BCUT2D eigenvalue weighted by Crippen LogP contribution is 2.39. The Morgan fingerprint density at radius 1 is 1.23 bits per heavy atom. The van der Waals surface area contributed by atoms with E-state index in [9.17, 15) is 4.79 Å². The molecule has 2 N–H and O–H groups in total. The molecule has 5 nitrogen and oxygen atoms in total. The molecule has 5 heteroatoms. The zero-order valence-electron chi connectivity index (χ0n) is 15.7. The molecule has 1 unspecified atom stereocenters. The van der Waals surface area contributed by atoms with E-state index in [1.54, 1.807) is 7.11 Å². The summed E-state index contributed by atoms with van der Waals surface area (Å²) in [5, 5.41) is 6.81. The van der Waals surface area contributed by atoms with Crippen molar-refractivity contribution in [1.82, 2.24) is 15.5 Å². The van der Waals surface area contributed by atoms with Gasteiger partial charge >= 0.3 is 0 Å². The molecule has 0 radical (unpaired) electrons. The van der Waals surface area contributed by atoms with Gasteiger partial charge in [-0.05, 0) is 56.3 Å². The van der Waals surface area contributed by atoms with Crippen molar-refractivity contribution in [1.29, 1.82) is 0 Å². The first-order chi connectivity index (χ1) is 12.7. The minimum absolute atomic E-state index is 0.145. The molecule has 1 amide bonds. The number of methoxy groups -OCH3 is 1. The van der Waals surface area contributed by atoms with E-state index in [0.717, 1.165) is 44.6 Å². The van der Waals surface area contributed by atoms with Gasteiger partial charge in [0.25, 0.3) is 0 Å². The molecule has 3 fully saturated rings. The zero-order chi connectivity index (χ0) is 17.9. The highest BCUT2D eigenvalue weighted by molar-refractivity contribution is 5.79. The lowest BCUT2D eigenvalue weighted by Crippen LogP contribution is -2.47. The van der Waals surface area contributed by atoms with Crippen LogP contribution in [0.2, 0.25) is 0 Å². The molecule has 3 heterocycles. The van der Waals surface area contributed by atoms with Crippen molar-refractivity contribution in [2.45, 2.75) is 63.2 Å². The van der Waals surface area contributed by atoms with Gasteiger partial charge < -0.3 is 15.4 Å². The number of hydrogen-bond donors (Lipinski definition) is 2. The van der Waals surface area contributed by atoms with Crippen LogP contribution in [-0.2, 0) is 11.3 Å². The van der Waals surface area contributed by atoms with Crippen LogP contribution >= 0.6 is 0 Å². The number of rotatable bonds is 5. The van der Waals surface area contributed by atoms with Crippen LogP contribution in [0.3, 0.4) is 0 Å². The molecule has 1 aromatic rings. The Balaban J connectivity index is 1.35. The van der Waals surface area contributed by atoms with E-state index in [1.807, 2.05) is 12.1 Å². The molecule has 3 aliphatic heterocycles. The smallest absolute Gasteiger partial charge is 0.224 e. The van der Waals surface area contributed by atoms with Gasteiger partial charge in [-0.2, -0.15) is 0 Å². The number of carbonyl (C=O) groups excluding carboxylic acids is 1. The maximum atomic E-state index is 12.7. The monoisotopic (exact) mass is 357 g/mol. The number of benzene rings is 1. The van der Waals surface area contributed by atoms with E-state index in [0.29, 0.717) is 18.1 Å². The Bertz CT molecular complexity index is 610. The molecule has 2 bridgehead atoms. The number of amides is 1. The molecule has 3 aliphatic rings. The normalized spacial score (nSPS) is 31.6. The van der Waals surface area contributed by atoms with Crippen LogP contribution in [-0.4, -0.2) is 49.1 Å². The fourth-order valence-corrected chi connectivity index (χ4v) is 4.99. The molecular weight excluding hydrogens is 326 g/mol. The molecule has 3 saturated heterocycles. The van der Waals surface area contributed by atoms with E-state index >= 15 is 0 Å². The van der Waals surface area contributed by atoms with Gasteiger partial charge in [-0.25, -0.2) is 0 Å². The first-order valence-corrected chi connectivity index (χ1v) is 10.1. The highest BCUT2D eigenvalue weighted by Gasteiger charge is 2.46. The average molecular weight is 357 g/mol. The number of hydrogen-bond acceptors (Lipinski definition) is 4. The summed E-state index contributed by atoms with van der Waals surface area (Å²) < 4.78 is 5.25. The lowest BCUT2D eigenvalue weighted by atomic mass is 9.94. The van der Waals surface area contributed by atoms with E-state index in [4.69, 9.17) is 4.74 Å². The van der Waals surface area contributed by atoms with E-state index in [1.165, 1.54) is 24.8 Å². The van der Waals surface area contributed by atoms with Gasteiger partial charge in [0.2, 0.25) is 5.91 Å². The van der Waals surface area contributed by atoms with Crippen LogP contribution in [0.4, 0.5) is 0 Å². The summed E-state index contributed by atoms with van der Waals surface area (Å²) in [6.07, 6.45) is 6.94. The molecule has 4 rings (SSSR count). The maximum Gasteiger partial charge on any atom is 0.224 e. The minimum atomic E-state index is 0.145. The minimum Gasteiger partial charge on any atom is -0.497 e. The number of nitrogens with zero attached hydrogens (tertiary/aromatic N) is 1. The van der Waals surface area contributed by atoms with Crippen molar-refractivity contribution in [3.8, 4) is 5.75 Å². The van der Waals surface area contributed by atoms with Crippen molar-refractivity contribution in [3.05, 3.63) is 29.8 Å². The summed E-state index contributed by atoms with van der Waals surface area (Å²) in [7, 11) is 1.70. The lowest BCUT2D eigenvalue weighted by Gasteiger charge is -2.26. The van der Waals surface area contributed by atoms with Crippen LogP contribution < -0.4 is 15.4 Å². The predicted molar refractivity (Wildman–Crippen MR) is 102 cm³/mol. The molecule has 0 aliphatic carbocycles. The molecule has 0 aromatic heterocycles. The Morgan fingerprint density at radius 2 is 2.08 bits per heavy atom. The molecule has 142 valence electrons. The average Bonchev–Trinajstić information content (AvgIpc) is 3.05. The van der Waals surface area contributed by atoms with Crippen molar-refractivity contribution in [2.75, 3.05) is 20.2 Å². The second-order valence-electron chi connectivity index (χ2n) is 8.07. The summed E-state index contributed by atoms with van der Waals surface area (Å²) in [5.41, 5.74) is 1.32. The van der Waals surface area contributed by atoms with Crippen LogP contribution in [0.1, 0.15) is 44.1 Å².